The second kappa shape index (κ2) is 6.65. The molecule has 3 aromatic heterocycles. The number of carbonyl (C=O) groups excluding carboxylic acids is 2. The van der Waals surface area contributed by atoms with Crippen molar-refractivity contribution >= 4 is 39.2 Å². The Morgan fingerprint density at radius 2 is 2.14 bits per heavy atom. The molecule has 1 aliphatic heterocycles. The molecule has 0 fully saturated rings. The van der Waals surface area contributed by atoms with Gasteiger partial charge in [-0.05, 0) is 18.2 Å². The first-order valence-electron chi connectivity index (χ1n) is 8.86. The lowest BCUT2D eigenvalue weighted by molar-refractivity contribution is 0.0731. The number of nitrogens with one attached hydrogen (secondary N) is 2. The van der Waals surface area contributed by atoms with Crippen molar-refractivity contribution in [3.63, 3.8) is 0 Å². The van der Waals surface area contributed by atoms with Crippen molar-refractivity contribution < 1.29 is 14.0 Å². The highest BCUT2D eigenvalue weighted by atomic mass is 32.1. The van der Waals surface area contributed by atoms with E-state index in [9.17, 15) is 9.59 Å². The lowest BCUT2D eigenvalue weighted by Crippen LogP contribution is -2.35. The number of hydrogen-bond donors (Lipinski definition) is 2. The smallest absolute Gasteiger partial charge is 0.270 e. The van der Waals surface area contributed by atoms with Crippen LogP contribution in [0.4, 0.5) is 5.13 Å². The molecule has 2 N–H and O–H groups in total. The quantitative estimate of drug-likeness (QED) is 0.557. The van der Waals surface area contributed by atoms with Crippen molar-refractivity contribution in [1.29, 1.82) is 0 Å². The van der Waals surface area contributed by atoms with Crippen LogP contribution in [0.15, 0.2) is 53.3 Å². The van der Waals surface area contributed by atoms with Crippen molar-refractivity contribution in [2.75, 3.05) is 11.9 Å². The van der Waals surface area contributed by atoms with Gasteiger partial charge in [0, 0.05) is 28.7 Å². The molecule has 0 bridgehead atoms. The number of carbonyl (C=O) groups is 2. The van der Waals surface area contributed by atoms with E-state index in [4.69, 9.17) is 4.42 Å². The van der Waals surface area contributed by atoms with Gasteiger partial charge in [-0.25, -0.2) is 4.98 Å². The summed E-state index contributed by atoms with van der Waals surface area (Å²) in [5.41, 5.74) is 2.92. The normalized spacial score (nSPS) is 13.5. The molecule has 4 aromatic rings. The highest BCUT2D eigenvalue weighted by Crippen LogP contribution is 2.29. The third kappa shape index (κ3) is 2.97. The highest BCUT2D eigenvalue weighted by Gasteiger charge is 2.26. The Hall–Kier alpha value is -3.39. The number of hydrogen-bond acceptors (Lipinski definition) is 5. The van der Waals surface area contributed by atoms with Gasteiger partial charge in [-0.1, -0.05) is 29.5 Å². The number of aromatic amines is 1. The summed E-state index contributed by atoms with van der Waals surface area (Å²) < 4.78 is 4.93. The molecule has 140 valence electrons. The molecule has 1 aliphatic rings. The first-order chi connectivity index (χ1) is 13.7. The largest absolute Gasteiger partial charge is 0.472 e. The number of fused-ring (bicyclic) bond motifs is 2. The molecule has 0 atom stereocenters. The molecule has 4 heterocycles. The van der Waals surface area contributed by atoms with Crippen molar-refractivity contribution in [1.82, 2.24) is 14.9 Å². The maximum atomic E-state index is 12.9. The van der Waals surface area contributed by atoms with E-state index in [2.05, 4.69) is 15.3 Å². The van der Waals surface area contributed by atoms with E-state index in [0.717, 1.165) is 21.5 Å². The molecule has 7 nitrogen and oxygen atoms in total. The van der Waals surface area contributed by atoms with Gasteiger partial charge in [0.05, 0.1) is 24.1 Å². The topological polar surface area (TPSA) is 91.2 Å². The van der Waals surface area contributed by atoms with Crippen LogP contribution in [0, 0.1) is 0 Å². The van der Waals surface area contributed by atoms with E-state index in [1.54, 1.807) is 6.07 Å². The number of rotatable bonds is 3. The third-order valence-corrected chi connectivity index (χ3v) is 5.78. The van der Waals surface area contributed by atoms with Crippen LogP contribution in [0.3, 0.4) is 0 Å². The van der Waals surface area contributed by atoms with Crippen LogP contribution < -0.4 is 5.32 Å². The van der Waals surface area contributed by atoms with Gasteiger partial charge >= 0.3 is 0 Å². The summed E-state index contributed by atoms with van der Waals surface area (Å²) in [6, 6.07) is 11.3. The van der Waals surface area contributed by atoms with E-state index in [-0.39, 0.29) is 11.8 Å². The average molecular weight is 392 g/mol. The van der Waals surface area contributed by atoms with Crippen molar-refractivity contribution in [2.45, 2.75) is 13.0 Å². The van der Waals surface area contributed by atoms with Gasteiger partial charge in [0.25, 0.3) is 11.8 Å². The van der Waals surface area contributed by atoms with Gasteiger partial charge in [-0.15, -0.1) is 0 Å². The molecule has 0 aliphatic carbocycles. The zero-order valence-electron chi connectivity index (χ0n) is 14.8. The fourth-order valence-corrected chi connectivity index (χ4v) is 4.36. The third-order valence-electron chi connectivity index (χ3n) is 4.78. The first kappa shape index (κ1) is 16.8. The van der Waals surface area contributed by atoms with Gasteiger partial charge in [0.2, 0.25) is 0 Å². The fourth-order valence-electron chi connectivity index (χ4n) is 3.34. The number of H-pyrrole nitrogens is 1. The fraction of sp³-hybridized carbons (Fsp3) is 0.150. The summed E-state index contributed by atoms with van der Waals surface area (Å²) >= 11 is 1.40. The minimum atomic E-state index is -0.258. The molecule has 28 heavy (non-hydrogen) atoms. The number of furan rings is 1. The molecular weight excluding hydrogens is 376 g/mol. The Kier molecular flexibility index (Phi) is 3.98. The number of benzene rings is 1. The summed E-state index contributed by atoms with van der Waals surface area (Å²) in [4.78, 5) is 35.6. The second-order valence-electron chi connectivity index (χ2n) is 6.60. The monoisotopic (exact) mass is 392 g/mol. The van der Waals surface area contributed by atoms with E-state index in [0.29, 0.717) is 35.9 Å². The maximum absolute atomic E-state index is 12.9. The molecule has 0 spiro atoms. The Morgan fingerprint density at radius 1 is 1.25 bits per heavy atom. The molecule has 1 aromatic carbocycles. The number of thiazole rings is 1. The van der Waals surface area contributed by atoms with Crippen LogP contribution in [0.1, 0.15) is 31.4 Å². The van der Waals surface area contributed by atoms with Crippen molar-refractivity contribution in [3.8, 4) is 0 Å². The van der Waals surface area contributed by atoms with Crippen LogP contribution in [0.5, 0.6) is 0 Å². The second-order valence-corrected chi connectivity index (χ2v) is 7.69. The highest BCUT2D eigenvalue weighted by molar-refractivity contribution is 7.15. The zero-order valence-corrected chi connectivity index (χ0v) is 15.6. The lowest BCUT2D eigenvalue weighted by atomic mass is 10.1. The molecule has 0 unspecified atom stereocenters. The van der Waals surface area contributed by atoms with Crippen LogP contribution in [0.2, 0.25) is 0 Å². The van der Waals surface area contributed by atoms with Crippen molar-refractivity contribution in [3.05, 3.63) is 70.8 Å². The Bertz CT molecular complexity index is 1140. The zero-order chi connectivity index (χ0) is 19.1. The Balaban J connectivity index is 1.33. The van der Waals surface area contributed by atoms with Crippen molar-refractivity contribution in [2.24, 2.45) is 0 Å². The number of aromatic nitrogens is 2. The number of para-hydroxylation sites is 1. The maximum Gasteiger partial charge on any atom is 0.270 e. The van der Waals surface area contributed by atoms with Gasteiger partial charge in [-0.2, -0.15) is 0 Å². The van der Waals surface area contributed by atoms with E-state index >= 15 is 0 Å². The van der Waals surface area contributed by atoms with E-state index in [1.807, 2.05) is 35.2 Å². The van der Waals surface area contributed by atoms with Crippen LogP contribution >= 0.6 is 11.3 Å². The molecule has 0 saturated carbocycles. The minimum Gasteiger partial charge on any atom is -0.472 e. The van der Waals surface area contributed by atoms with Crippen LogP contribution in [0.25, 0.3) is 10.9 Å². The van der Waals surface area contributed by atoms with E-state index in [1.165, 1.54) is 23.9 Å². The summed E-state index contributed by atoms with van der Waals surface area (Å²) in [6.07, 6.45) is 3.51. The summed E-state index contributed by atoms with van der Waals surface area (Å²) in [7, 11) is 0. The number of amides is 2. The lowest BCUT2D eigenvalue weighted by Gasteiger charge is -2.25. The molecule has 0 saturated heterocycles. The predicted molar refractivity (Wildman–Crippen MR) is 106 cm³/mol. The summed E-state index contributed by atoms with van der Waals surface area (Å²) in [5.74, 6) is -0.287. The van der Waals surface area contributed by atoms with Crippen LogP contribution in [-0.2, 0) is 13.0 Å². The molecule has 0 radical (unpaired) electrons. The predicted octanol–water partition coefficient (Wildman–Crippen LogP) is 3.67. The Morgan fingerprint density at radius 3 is 2.96 bits per heavy atom. The van der Waals surface area contributed by atoms with E-state index < -0.39 is 0 Å². The van der Waals surface area contributed by atoms with Gasteiger partial charge in [0.15, 0.2) is 5.13 Å². The SMILES string of the molecule is O=C(Nc1nc2c(s1)CN(C(=O)c1cc3ccccc3[nH]1)CC2)c1ccoc1. The molecular formula is C20H16N4O3S. The van der Waals surface area contributed by atoms with Crippen LogP contribution in [-0.4, -0.2) is 33.2 Å². The minimum absolute atomic E-state index is 0.0285. The molecule has 2 amide bonds. The Labute approximate surface area is 164 Å². The molecule has 5 rings (SSSR count). The number of nitrogens with zero attached hydrogens (tertiary/aromatic N) is 2. The summed E-state index contributed by atoms with van der Waals surface area (Å²) in [6.45, 7) is 1.09. The van der Waals surface area contributed by atoms with Gasteiger partial charge in [-0.3, -0.25) is 14.9 Å². The summed E-state index contributed by atoms with van der Waals surface area (Å²) in [5, 5.41) is 4.35. The van der Waals surface area contributed by atoms with Gasteiger partial charge in [0.1, 0.15) is 12.0 Å². The first-order valence-corrected chi connectivity index (χ1v) is 9.68. The average Bonchev–Trinajstić information content (AvgIpc) is 3.44. The van der Waals surface area contributed by atoms with Gasteiger partial charge < -0.3 is 14.3 Å². The standard InChI is InChI=1S/C20H16N4O3S/c25-18(13-6-8-27-11-13)23-20-22-15-5-7-24(10-17(15)28-20)19(26)16-9-12-3-1-2-4-14(12)21-16/h1-4,6,8-9,11,21H,5,7,10H2,(H,22,23,25). The molecule has 8 heteroatoms. The number of anilines is 1.